The molecule has 2 aromatic heterocycles. The first-order chi connectivity index (χ1) is 13.2. The molecule has 2 fully saturated rings. The summed E-state index contributed by atoms with van der Waals surface area (Å²) < 4.78 is 10.6. The number of hydrogen-bond acceptors (Lipinski definition) is 6. The fraction of sp³-hybridized carbons (Fsp3) is 0.500. The summed E-state index contributed by atoms with van der Waals surface area (Å²) in [5.41, 5.74) is 1.05. The smallest absolute Gasteiger partial charge is 0.274 e. The molecule has 0 aliphatic carbocycles. The second kappa shape index (κ2) is 7.93. The van der Waals surface area contributed by atoms with Gasteiger partial charge in [-0.1, -0.05) is 0 Å². The van der Waals surface area contributed by atoms with Gasteiger partial charge in [0.25, 0.3) is 5.91 Å². The van der Waals surface area contributed by atoms with Crippen molar-refractivity contribution >= 4 is 11.8 Å². The fourth-order valence-corrected chi connectivity index (χ4v) is 3.36. The second-order valence-corrected chi connectivity index (χ2v) is 6.71. The van der Waals surface area contributed by atoms with Gasteiger partial charge < -0.3 is 19.0 Å². The van der Waals surface area contributed by atoms with Crippen molar-refractivity contribution in [1.82, 2.24) is 24.9 Å². The quantitative estimate of drug-likeness (QED) is 0.828. The summed E-state index contributed by atoms with van der Waals surface area (Å²) in [6, 6.07) is 5.30. The average Bonchev–Trinajstić information content (AvgIpc) is 3.40. The summed E-state index contributed by atoms with van der Waals surface area (Å²) in [6.07, 6.45) is 1.58. The predicted octanol–water partition coefficient (Wildman–Crippen LogP) is 0.286. The van der Waals surface area contributed by atoms with Gasteiger partial charge in [0.2, 0.25) is 5.91 Å². The molecule has 2 saturated heterocycles. The topological polar surface area (TPSA) is 94.9 Å². The average molecular weight is 373 g/mol. The lowest BCUT2D eigenvalue weighted by atomic mass is 10.2. The third-order valence-corrected chi connectivity index (χ3v) is 4.97. The molecule has 0 radical (unpaired) electrons. The first-order valence-electron chi connectivity index (χ1n) is 9.17. The number of H-pyrrole nitrogens is 1. The van der Waals surface area contributed by atoms with Crippen LogP contribution in [0.15, 0.2) is 28.9 Å². The fourth-order valence-electron chi connectivity index (χ4n) is 3.36. The highest BCUT2D eigenvalue weighted by Crippen LogP contribution is 2.19. The number of nitrogens with zero attached hydrogens (tertiary/aromatic N) is 4. The number of aromatic nitrogens is 2. The van der Waals surface area contributed by atoms with Gasteiger partial charge in [-0.25, -0.2) is 0 Å². The highest BCUT2D eigenvalue weighted by molar-refractivity contribution is 5.93. The molecule has 0 aromatic carbocycles. The number of carbonyl (C=O) groups excluding carboxylic acids is 2. The Kier molecular flexibility index (Phi) is 5.21. The lowest BCUT2D eigenvalue weighted by molar-refractivity contribution is -0.136. The lowest BCUT2D eigenvalue weighted by Gasteiger charge is -2.35. The number of aromatic amines is 1. The van der Waals surface area contributed by atoms with Crippen LogP contribution in [-0.4, -0.2) is 95.7 Å². The minimum atomic E-state index is -0.108. The molecule has 1 N–H and O–H groups in total. The van der Waals surface area contributed by atoms with Gasteiger partial charge in [-0.05, 0) is 12.1 Å². The van der Waals surface area contributed by atoms with E-state index in [4.69, 9.17) is 9.15 Å². The molecule has 0 spiro atoms. The van der Waals surface area contributed by atoms with Crippen LogP contribution in [-0.2, 0) is 9.53 Å². The number of furan rings is 1. The van der Waals surface area contributed by atoms with Crippen molar-refractivity contribution in [1.29, 1.82) is 0 Å². The zero-order chi connectivity index (χ0) is 18.6. The molecule has 4 heterocycles. The number of carbonyl (C=O) groups is 2. The summed E-state index contributed by atoms with van der Waals surface area (Å²) >= 11 is 0. The number of nitrogens with one attached hydrogen (secondary N) is 1. The zero-order valence-electron chi connectivity index (χ0n) is 15.1. The minimum Gasteiger partial charge on any atom is -0.463 e. The molecule has 0 bridgehead atoms. The van der Waals surface area contributed by atoms with Gasteiger partial charge in [0.05, 0.1) is 26.0 Å². The molecule has 27 heavy (non-hydrogen) atoms. The molecule has 2 aliphatic rings. The molecule has 2 amide bonds. The van der Waals surface area contributed by atoms with Crippen LogP contribution in [0.5, 0.6) is 0 Å². The van der Waals surface area contributed by atoms with E-state index < -0.39 is 0 Å². The summed E-state index contributed by atoms with van der Waals surface area (Å²) in [5, 5.41) is 6.95. The Labute approximate surface area is 156 Å². The van der Waals surface area contributed by atoms with E-state index in [2.05, 4.69) is 15.1 Å². The van der Waals surface area contributed by atoms with Crippen LogP contribution in [0.2, 0.25) is 0 Å². The molecule has 2 aromatic rings. The van der Waals surface area contributed by atoms with Crippen LogP contribution in [0.1, 0.15) is 10.5 Å². The van der Waals surface area contributed by atoms with Gasteiger partial charge in [-0.15, -0.1) is 0 Å². The number of morpholine rings is 1. The van der Waals surface area contributed by atoms with Crippen LogP contribution in [0.25, 0.3) is 11.5 Å². The van der Waals surface area contributed by atoms with Crippen molar-refractivity contribution in [2.45, 2.75) is 0 Å². The number of rotatable bonds is 4. The molecule has 0 unspecified atom stereocenters. The Morgan fingerprint density at radius 2 is 1.85 bits per heavy atom. The van der Waals surface area contributed by atoms with Gasteiger partial charge in [-0.2, -0.15) is 5.10 Å². The lowest BCUT2D eigenvalue weighted by Crippen LogP contribution is -2.52. The van der Waals surface area contributed by atoms with E-state index in [0.29, 0.717) is 76.2 Å². The molecular formula is C18H23N5O4. The Bertz CT molecular complexity index is 774. The SMILES string of the molecule is O=C(CN1CCN(C(=O)c2cc(-c3ccco3)[nH]n2)CC1)N1CCOCC1. The van der Waals surface area contributed by atoms with Crippen molar-refractivity contribution in [3.63, 3.8) is 0 Å². The van der Waals surface area contributed by atoms with Crippen LogP contribution < -0.4 is 0 Å². The first-order valence-corrected chi connectivity index (χ1v) is 9.17. The van der Waals surface area contributed by atoms with E-state index in [-0.39, 0.29) is 11.8 Å². The third kappa shape index (κ3) is 4.04. The van der Waals surface area contributed by atoms with E-state index >= 15 is 0 Å². The van der Waals surface area contributed by atoms with Gasteiger partial charge in [0, 0.05) is 45.3 Å². The molecule has 0 atom stereocenters. The normalized spacial score (nSPS) is 18.7. The Morgan fingerprint density at radius 3 is 2.56 bits per heavy atom. The number of hydrogen-bond donors (Lipinski definition) is 1. The van der Waals surface area contributed by atoms with Crippen molar-refractivity contribution in [3.8, 4) is 11.5 Å². The Hall–Kier alpha value is -2.65. The maximum Gasteiger partial charge on any atom is 0.274 e. The standard InChI is InChI=1S/C18H23N5O4/c24-17(22-7-10-26-11-8-22)13-21-3-5-23(6-4-21)18(25)15-12-14(19-20-15)16-2-1-9-27-16/h1-2,9,12H,3-8,10-11,13H2,(H,19,20). The molecule has 0 saturated carbocycles. The highest BCUT2D eigenvalue weighted by Gasteiger charge is 2.26. The number of ether oxygens (including phenoxy) is 1. The number of amides is 2. The third-order valence-electron chi connectivity index (χ3n) is 4.97. The minimum absolute atomic E-state index is 0.108. The van der Waals surface area contributed by atoms with Crippen LogP contribution in [0.3, 0.4) is 0 Å². The molecule has 9 heteroatoms. The zero-order valence-corrected chi connectivity index (χ0v) is 15.1. The Morgan fingerprint density at radius 1 is 1.07 bits per heavy atom. The summed E-state index contributed by atoms with van der Waals surface area (Å²) in [6.45, 7) is 5.45. The van der Waals surface area contributed by atoms with Crippen LogP contribution in [0, 0.1) is 0 Å². The van der Waals surface area contributed by atoms with Crippen LogP contribution >= 0.6 is 0 Å². The summed E-state index contributed by atoms with van der Waals surface area (Å²) in [5.74, 6) is 0.671. The van der Waals surface area contributed by atoms with Crippen LogP contribution in [0.4, 0.5) is 0 Å². The Balaban J connectivity index is 1.28. The van der Waals surface area contributed by atoms with Gasteiger partial charge in [0.15, 0.2) is 11.5 Å². The number of piperazine rings is 1. The van der Waals surface area contributed by atoms with E-state index in [9.17, 15) is 9.59 Å². The predicted molar refractivity (Wildman–Crippen MR) is 96.0 cm³/mol. The molecule has 9 nitrogen and oxygen atoms in total. The van der Waals surface area contributed by atoms with Crippen molar-refractivity contribution in [2.24, 2.45) is 0 Å². The van der Waals surface area contributed by atoms with E-state index in [1.165, 1.54) is 0 Å². The molecule has 4 rings (SSSR count). The van der Waals surface area contributed by atoms with Crippen molar-refractivity contribution < 1.29 is 18.7 Å². The molecule has 2 aliphatic heterocycles. The molecular weight excluding hydrogens is 350 g/mol. The molecule has 144 valence electrons. The van der Waals surface area contributed by atoms with Gasteiger partial charge >= 0.3 is 0 Å². The van der Waals surface area contributed by atoms with Gasteiger partial charge in [-0.3, -0.25) is 19.6 Å². The monoisotopic (exact) mass is 373 g/mol. The maximum atomic E-state index is 12.7. The van der Waals surface area contributed by atoms with E-state index in [1.807, 2.05) is 11.0 Å². The second-order valence-electron chi connectivity index (χ2n) is 6.71. The largest absolute Gasteiger partial charge is 0.463 e. The maximum absolute atomic E-state index is 12.7. The summed E-state index contributed by atoms with van der Waals surface area (Å²) in [4.78, 5) is 30.7. The van der Waals surface area contributed by atoms with Gasteiger partial charge in [0.1, 0.15) is 5.69 Å². The van der Waals surface area contributed by atoms with Crippen molar-refractivity contribution in [2.75, 3.05) is 59.0 Å². The van der Waals surface area contributed by atoms with E-state index in [0.717, 1.165) is 0 Å². The summed E-state index contributed by atoms with van der Waals surface area (Å²) in [7, 11) is 0. The highest BCUT2D eigenvalue weighted by atomic mass is 16.5. The first kappa shape index (κ1) is 17.7. The van der Waals surface area contributed by atoms with E-state index in [1.54, 1.807) is 23.3 Å². The van der Waals surface area contributed by atoms with Crippen molar-refractivity contribution in [3.05, 3.63) is 30.2 Å².